The van der Waals surface area contributed by atoms with Gasteiger partial charge < -0.3 is 15.4 Å². The quantitative estimate of drug-likeness (QED) is 0.701. The maximum atomic E-state index is 11.9. The maximum Gasteiger partial charge on any atom is 0.306 e. The van der Waals surface area contributed by atoms with Gasteiger partial charge in [-0.1, -0.05) is 48.5 Å². The van der Waals surface area contributed by atoms with Gasteiger partial charge in [-0.15, -0.1) is 0 Å². The van der Waals surface area contributed by atoms with Crippen molar-refractivity contribution in [3.8, 4) is 0 Å². The van der Waals surface area contributed by atoms with Crippen LogP contribution in [0.15, 0.2) is 54.6 Å². The maximum absolute atomic E-state index is 11.9. The number of amides is 2. The van der Waals surface area contributed by atoms with E-state index in [2.05, 4.69) is 10.6 Å². The van der Waals surface area contributed by atoms with E-state index in [1.165, 1.54) is 0 Å². The second-order valence-corrected chi connectivity index (χ2v) is 6.22. The van der Waals surface area contributed by atoms with Crippen LogP contribution in [0.1, 0.15) is 36.9 Å². The molecule has 2 rings (SSSR count). The van der Waals surface area contributed by atoms with E-state index in [0.29, 0.717) is 5.69 Å². The fourth-order valence-corrected chi connectivity index (χ4v) is 2.47. The van der Waals surface area contributed by atoms with Gasteiger partial charge in [0.15, 0.2) is 6.61 Å². The van der Waals surface area contributed by atoms with Gasteiger partial charge in [0.25, 0.3) is 5.91 Å². The second kappa shape index (κ2) is 10.1. The van der Waals surface area contributed by atoms with Crippen molar-refractivity contribution < 1.29 is 19.1 Å². The molecule has 0 unspecified atom stereocenters. The fourth-order valence-electron chi connectivity index (χ4n) is 2.47. The monoisotopic (exact) mass is 368 g/mol. The van der Waals surface area contributed by atoms with Crippen molar-refractivity contribution in [2.75, 3.05) is 11.9 Å². The minimum Gasteiger partial charge on any atom is -0.456 e. The molecule has 0 aliphatic heterocycles. The molecule has 2 N–H and O–H groups in total. The van der Waals surface area contributed by atoms with E-state index in [1.54, 1.807) is 6.07 Å². The van der Waals surface area contributed by atoms with Crippen LogP contribution >= 0.6 is 0 Å². The molecule has 6 nitrogen and oxygen atoms in total. The minimum absolute atomic E-state index is 0.00476. The van der Waals surface area contributed by atoms with E-state index < -0.39 is 5.97 Å². The number of hydrogen-bond donors (Lipinski definition) is 2. The summed E-state index contributed by atoms with van der Waals surface area (Å²) in [6.07, 6.45) is -0.0889. The Kier molecular flexibility index (Phi) is 7.55. The van der Waals surface area contributed by atoms with Crippen molar-refractivity contribution in [3.63, 3.8) is 0 Å². The Balaban J connectivity index is 1.67. The van der Waals surface area contributed by atoms with Gasteiger partial charge in [0.2, 0.25) is 5.91 Å². The number of para-hydroxylation sites is 1. The van der Waals surface area contributed by atoms with Crippen molar-refractivity contribution in [3.05, 3.63) is 65.7 Å². The summed E-state index contributed by atoms with van der Waals surface area (Å²) >= 11 is 0. The average Bonchev–Trinajstić information content (AvgIpc) is 2.67. The number of carbonyl (C=O) groups is 3. The molecule has 2 aromatic rings. The van der Waals surface area contributed by atoms with Crippen molar-refractivity contribution in [1.82, 2.24) is 5.32 Å². The number of rotatable bonds is 8. The van der Waals surface area contributed by atoms with Crippen LogP contribution < -0.4 is 10.6 Å². The number of ether oxygens (including phenoxy) is 1. The molecular weight excluding hydrogens is 344 g/mol. The molecule has 0 aliphatic carbocycles. The third-order valence-electron chi connectivity index (χ3n) is 4.02. The van der Waals surface area contributed by atoms with E-state index in [4.69, 9.17) is 4.74 Å². The Morgan fingerprint density at radius 3 is 2.30 bits per heavy atom. The van der Waals surface area contributed by atoms with Crippen LogP contribution in [0.2, 0.25) is 0 Å². The average molecular weight is 368 g/mol. The highest BCUT2D eigenvalue weighted by molar-refractivity contribution is 5.93. The number of benzene rings is 2. The Labute approximate surface area is 158 Å². The van der Waals surface area contributed by atoms with E-state index in [1.807, 2.05) is 62.4 Å². The largest absolute Gasteiger partial charge is 0.456 e. The highest BCUT2D eigenvalue weighted by atomic mass is 16.5. The Hall–Kier alpha value is -3.15. The van der Waals surface area contributed by atoms with Crippen LogP contribution in [-0.4, -0.2) is 24.4 Å². The molecule has 0 fully saturated rings. The molecular formula is C21H24N2O4. The molecule has 0 aliphatic rings. The van der Waals surface area contributed by atoms with Crippen LogP contribution in [0.3, 0.4) is 0 Å². The summed E-state index contributed by atoms with van der Waals surface area (Å²) in [5.41, 5.74) is 2.62. The van der Waals surface area contributed by atoms with E-state index in [9.17, 15) is 14.4 Å². The number of esters is 1. The molecule has 142 valence electrons. The molecule has 0 saturated carbocycles. The number of hydrogen-bond acceptors (Lipinski definition) is 4. The van der Waals surface area contributed by atoms with Gasteiger partial charge in [-0.2, -0.15) is 0 Å². The van der Waals surface area contributed by atoms with Crippen LogP contribution in [0.5, 0.6) is 0 Å². The van der Waals surface area contributed by atoms with Gasteiger partial charge in [-0.3, -0.25) is 14.4 Å². The first-order valence-electron chi connectivity index (χ1n) is 8.81. The molecule has 27 heavy (non-hydrogen) atoms. The molecule has 0 aromatic heterocycles. The van der Waals surface area contributed by atoms with Gasteiger partial charge in [0.1, 0.15) is 0 Å². The van der Waals surface area contributed by atoms with E-state index in [0.717, 1.165) is 11.1 Å². The van der Waals surface area contributed by atoms with Gasteiger partial charge in [-0.25, -0.2) is 0 Å². The number of anilines is 1. The SMILES string of the molecule is Cc1ccccc1NC(=O)CCC(=O)OCC(=O)N[C@@H](C)c1ccccc1. The molecule has 2 aromatic carbocycles. The standard InChI is InChI=1S/C21H24N2O4/c1-15-8-6-7-11-18(15)23-19(24)12-13-21(26)27-14-20(25)22-16(2)17-9-4-3-5-10-17/h3-11,16H,12-14H2,1-2H3,(H,22,25)(H,23,24)/t16-/m0/s1. The Morgan fingerprint density at radius 1 is 0.926 bits per heavy atom. The summed E-state index contributed by atoms with van der Waals surface area (Å²) in [5, 5.41) is 5.51. The molecule has 6 heteroatoms. The van der Waals surface area contributed by atoms with Crippen LogP contribution in [0.25, 0.3) is 0 Å². The first kappa shape index (κ1) is 20.2. The number of aryl methyl sites for hydroxylation is 1. The summed E-state index contributed by atoms with van der Waals surface area (Å²) < 4.78 is 4.93. The Morgan fingerprint density at radius 2 is 1.59 bits per heavy atom. The van der Waals surface area contributed by atoms with E-state index >= 15 is 0 Å². The lowest BCUT2D eigenvalue weighted by Crippen LogP contribution is -2.31. The predicted octanol–water partition coefficient (Wildman–Crippen LogP) is 3.13. The predicted molar refractivity (Wildman–Crippen MR) is 103 cm³/mol. The second-order valence-electron chi connectivity index (χ2n) is 6.22. The molecule has 2 amide bonds. The Bertz CT molecular complexity index is 790. The zero-order chi connectivity index (χ0) is 19.6. The highest BCUT2D eigenvalue weighted by Gasteiger charge is 2.13. The number of nitrogens with one attached hydrogen (secondary N) is 2. The van der Waals surface area contributed by atoms with Crippen LogP contribution in [-0.2, 0) is 19.1 Å². The molecule has 0 saturated heterocycles. The molecule has 0 bridgehead atoms. The third kappa shape index (κ3) is 6.93. The van der Waals surface area contributed by atoms with E-state index in [-0.39, 0.29) is 37.3 Å². The van der Waals surface area contributed by atoms with Gasteiger partial charge in [-0.05, 0) is 31.0 Å². The van der Waals surface area contributed by atoms with Gasteiger partial charge in [0, 0.05) is 12.1 Å². The fraction of sp³-hybridized carbons (Fsp3) is 0.286. The summed E-state index contributed by atoms with van der Waals surface area (Å²) in [6.45, 7) is 3.37. The van der Waals surface area contributed by atoms with Gasteiger partial charge >= 0.3 is 5.97 Å². The molecule has 0 spiro atoms. The lowest BCUT2D eigenvalue weighted by molar-refractivity contribution is -0.149. The first-order chi connectivity index (χ1) is 13.0. The van der Waals surface area contributed by atoms with Crippen LogP contribution in [0.4, 0.5) is 5.69 Å². The number of carbonyl (C=O) groups excluding carboxylic acids is 3. The summed E-state index contributed by atoms with van der Waals surface area (Å²) in [6, 6.07) is 16.7. The molecule has 1 atom stereocenters. The minimum atomic E-state index is -0.586. The zero-order valence-corrected chi connectivity index (χ0v) is 15.5. The van der Waals surface area contributed by atoms with Crippen molar-refractivity contribution in [2.24, 2.45) is 0 Å². The van der Waals surface area contributed by atoms with Gasteiger partial charge in [0.05, 0.1) is 12.5 Å². The summed E-state index contributed by atoms with van der Waals surface area (Å²) in [7, 11) is 0. The van der Waals surface area contributed by atoms with Crippen molar-refractivity contribution in [2.45, 2.75) is 32.7 Å². The van der Waals surface area contributed by atoms with Crippen LogP contribution in [0, 0.1) is 6.92 Å². The molecule has 0 radical (unpaired) electrons. The third-order valence-corrected chi connectivity index (χ3v) is 4.02. The molecule has 0 heterocycles. The normalized spacial score (nSPS) is 11.3. The topological polar surface area (TPSA) is 84.5 Å². The van der Waals surface area contributed by atoms with Crippen molar-refractivity contribution >= 4 is 23.5 Å². The lowest BCUT2D eigenvalue weighted by atomic mass is 10.1. The zero-order valence-electron chi connectivity index (χ0n) is 15.5. The first-order valence-corrected chi connectivity index (χ1v) is 8.81. The lowest BCUT2D eigenvalue weighted by Gasteiger charge is -2.14. The summed E-state index contributed by atoms with van der Waals surface area (Å²) in [4.78, 5) is 35.5. The van der Waals surface area contributed by atoms with Crippen molar-refractivity contribution in [1.29, 1.82) is 0 Å². The highest BCUT2D eigenvalue weighted by Crippen LogP contribution is 2.14. The summed E-state index contributed by atoms with van der Waals surface area (Å²) in [5.74, 6) is -1.25. The smallest absolute Gasteiger partial charge is 0.306 e.